The van der Waals surface area contributed by atoms with Gasteiger partial charge in [-0.1, -0.05) is 29.3 Å². The van der Waals surface area contributed by atoms with Crippen molar-refractivity contribution in [3.63, 3.8) is 0 Å². The highest BCUT2D eigenvalue weighted by molar-refractivity contribution is 7.47. The molecule has 1 aromatic carbocycles. The number of ether oxygens (including phenoxy) is 1. The van der Waals surface area contributed by atoms with E-state index in [4.69, 9.17) is 13.8 Å². The number of hydrogen-bond donors (Lipinski definition) is 2. The summed E-state index contributed by atoms with van der Waals surface area (Å²) >= 11 is 0. The lowest BCUT2D eigenvalue weighted by molar-refractivity contribution is -0.0267. The van der Waals surface area contributed by atoms with E-state index in [-0.39, 0.29) is 14.6 Å². The fraction of sp³-hybridized carbons (Fsp3) is 0.444. The van der Waals surface area contributed by atoms with Gasteiger partial charge in [0.2, 0.25) is 5.82 Å². The number of nitrogens with one attached hydrogen (secondary N) is 1. The van der Waals surface area contributed by atoms with Crippen LogP contribution in [-0.4, -0.2) is 27.2 Å². The minimum Gasteiger partial charge on any atom is -0.352 e. The van der Waals surface area contributed by atoms with Crippen molar-refractivity contribution in [2.75, 3.05) is 6.61 Å². The van der Waals surface area contributed by atoms with Gasteiger partial charge in [0, 0.05) is 1.43 Å². The summed E-state index contributed by atoms with van der Waals surface area (Å²) in [6.45, 7) is 3.51. The van der Waals surface area contributed by atoms with Crippen molar-refractivity contribution in [1.29, 1.82) is 0 Å². The van der Waals surface area contributed by atoms with Crippen molar-refractivity contribution in [3.05, 3.63) is 67.7 Å². The lowest BCUT2D eigenvalue weighted by atomic mass is 10.1. The topological polar surface area (TPSA) is 120 Å². The van der Waals surface area contributed by atoms with Crippen LogP contribution in [0.25, 0.3) is 0 Å². The second-order valence-corrected chi connectivity index (χ2v) is 8.42. The molecule has 1 aliphatic rings. The number of aromatic amines is 1. The monoisotopic (exact) mass is 430 g/mol. The summed E-state index contributed by atoms with van der Waals surface area (Å²) in [4.78, 5) is 34.6. The van der Waals surface area contributed by atoms with E-state index < -0.39 is 37.2 Å². The van der Waals surface area contributed by atoms with E-state index in [0.717, 1.165) is 27.5 Å². The molecule has 0 bridgehead atoms. The van der Waals surface area contributed by atoms with Crippen LogP contribution in [0.1, 0.15) is 37.2 Å². The summed E-state index contributed by atoms with van der Waals surface area (Å²) in [6.07, 6.45) is 0.135. The molecule has 2 N–H and O–H groups in total. The molecule has 29 heavy (non-hydrogen) atoms. The second kappa shape index (κ2) is 8.73. The zero-order chi connectivity index (χ0) is 21.2. The maximum absolute atomic E-state index is 13.4. The van der Waals surface area contributed by atoms with Gasteiger partial charge in [0.05, 0.1) is 25.5 Å². The number of aryl methyl sites for hydroxylation is 2. The third-order valence-electron chi connectivity index (χ3n) is 4.42. The molecule has 3 atom stereocenters. The van der Waals surface area contributed by atoms with Crippen LogP contribution in [-0.2, 0) is 25.0 Å². The quantitative estimate of drug-likeness (QED) is 0.648. The first-order valence-corrected chi connectivity index (χ1v) is 10.5. The fourth-order valence-corrected chi connectivity index (χ4v) is 3.95. The zero-order valence-corrected chi connectivity index (χ0v) is 16.9. The van der Waals surface area contributed by atoms with Crippen LogP contribution >= 0.6 is 7.82 Å². The minimum absolute atomic E-state index is 0. The van der Waals surface area contributed by atoms with Crippen molar-refractivity contribution in [2.45, 2.75) is 45.6 Å². The molecule has 1 aromatic heterocycles. The first-order valence-electron chi connectivity index (χ1n) is 8.98. The van der Waals surface area contributed by atoms with E-state index in [1.165, 1.54) is 0 Å². The molecule has 1 fully saturated rings. The van der Waals surface area contributed by atoms with Crippen molar-refractivity contribution < 1.29 is 29.1 Å². The third kappa shape index (κ3) is 5.71. The molecule has 3 rings (SSSR count). The minimum atomic E-state index is -4.31. The normalized spacial score (nSPS) is 21.2. The Hall–Kier alpha value is -2.10. The molecule has 0 spiro atoms. The Morgan fingerprint density at radius 3 is 2.66 bits per heavy atom. The maximum Gasteiger partial charge on any atom is 0.472 e. The number of phosphoric acid groups is 1. The van der Waals surface area contributed by atoms with Gasteiger partial charge in [-0.15, -0.1) is 0 Å². The van der Waals surface area contributed by atoms with Crippen LogP contribution in [0.3, 0.4) is 0 Å². The predicted octanol–water partition coefficient (Wildman–Crippen LogP) is 2.55. The number of rotatable bonds is 7. The van der Waals surface area contributed by atoms with Gasteiger partial charge in [-0.05, 0) is 32.3 Å². The van der Waals surface area contributed by atoms with Gasteiger partial charge in [0.1, 0.15) is 6.23 Å². The third-order valence-corrected chi connectivity index (χ3v) is 5.35. The number of aromatic nitrogens is 2. The summed E-state index contributed by atoms with van der Waals surface area (Å²) in [5.41, 5.74) is 0.865. The Bertz CT molecular complexity index is 1040. The van der Waals surface area contributed by atoms with E-state index in [9.17, 15) is 23.4 Å². The average Bonchev–Trinajstić information content (AvgIpc) is 3.10. The number of hydrogen-bond acceptors (Lipinski definition) is 6. The Balaban J connectivity index is 0.00000320. The highest BCUT2D eigenvalue weighted by Crippen LogP contribution is 2.45. The predicted molar refractivity (Wildman–Crippen MR) is 103 cm³/mol. The van der Waals surface area contributed by atoms with Crippen LogP contribution in [0.2, 0.25) is 0 Å². The molecule has 11 heteroatoms. The zero-order valence-electron chi connectivity index (χ0n) is 16.0. The van der Waals surface area contributed by atoms with E-state index in [1.54, 1.807) is 0 Å². The number of nitrogens with zero attached hydrogens (tertiary/aromatic N) is 1. The van der Waals surface area contributed by atoms with Crippen LogP contribution in [0, 0.1) is 19.7 Å². The first-order chi connectivity index (χ1) is 13.6. The van der Waals surface area contributed by atoms with Crippen molar-refractivity contribution in [3.8, 4) is 0 Å². The molecule has 9 nitrogen and oxygen atoms in total. The summed E-state index contributed by atoms with van der Waals surface area (Å²) in [6, 6.07) is 5.67. The molecule has 0 saturated carbocycles. The van der Waals surface area contributed by atoms with Gasteiger partial charge in [-0.25, -0.2) is 9.36 Å². The molecular weight excluding hydrogens is 406 g/mol. The molecule has 0 amide bonds. The summed E-state index contributed by atoms with van der Waals surface area (Å²) in [7, 11) is -4.31. The van der Waals surface area contributed by atoms with Crippen molar-refractivity contribution in [1.82, 2.24) is 9.55 Å². The van der Waals surface area contributed by atoms with E-state index in [0.29, 0.717) is 12.8 Å². The lowest BCUT2D eigenvalue weighted by Crippen LogP contribution is -2.34. The molecule has 0 radical (unpaired) electrons. The largest absolute Gasteiger partial charge is 0.472 e. The van der Waals surface area contributed by atoms with Gasteiger partial charge in [-0.3, -0.25) is 23.4 Å². The Morgan fingerprint density at radius 2 is 1.97 bits per heavy atom. The Kier molecular flexibility index (Phi) is 6.50. The smallest absolute Gasteiger partial charge is 0.352 e. The first kappa shape index (κ1) is 21.6. The van der Waals surface area contributed by atoms with Gasteiger partial charge < -0.3 is 9.63 Å². The SMILES string of the molecule is Cc1cc(C)cc(COP(=O)(O)OC[C@@H]2CC[C@H](n3cc(F)c(=O)[nH]c3=O)O2)c1.[HH]. The van der Waals surface area contributed by atoms with E-state index in [1.807, 2.05) is 37.0 Å². The maximum atomic E-state index is 13.4. The summed E-state index contributed by atoms with van der Waals surface area (Å²) < 4.78 is 42.1. The van der Waals surface area contributed by atoms with Gasteiger partial charge in [-0.2, -0.15) is 4.39 Å². The van der Waals surface area contributed by atoms with Crippen LogP contribution < -0.4 is 11.2 Å². The molecule has 1 saturated heterocycles. The van der Waals surface area contributed by atoms with E-state index >= 15 is 0 Å². The van der Waals surface area contributed by atoms with Crippen molar-refractivity contribution >= 4 is 7.82 Å². The average molecular weight is 430 g/mol. The molecular formula is C18H24FN2O7P. The number of halogens is 1. The molecule has 0 aliphatic carbocycles. The van der Waals surface area contributed by atoms with Crippen LogP contribution in [0.4, 0.5) is 4.39 Å². The fourth-order valence-electron chi connectivity index (χ4n) is 3.21. The molecule has 1 aliphatic heterocycles. The lowest BCUT2D eigenvalue weighted by Gasteiger charge is -2.17. The summed E-state index contributed by atoms with van der Waals surface area (Å²) in [5.74, 6) is -1.10. The second-order valence-electron chi connectivity index (χ2n) is 6.97. The van der Waals surface area contributed by atoms with Gasteiger partial charge in [0.25, 0.3) is 5.56 Å². The van der Waals surface area contributed by atoms with Crippen LogP contribution in [0.15, 0.2) is 34.0 Å². The number of H-pyrrole nitrogens is 1. The van der Waals surface area contributed by atoms with Gasteiger partial charge >= 0.3 is 13.5 Å². The Morgan fingerprint density at radius 1 is 1.28 bits per heavy atom. The molecule has 2 aromatic rings. The number of benzene rings is 1. The number of phosphoric ester groups is 1. The molecule has 1 unspecified atom stereocenters. The van der Waals surface area contributed by atoms with Crippen molar-refractivity contribution in [2.24, 2.45) is 0 Å². The van der Waals surface area contributed by atoms with E-state index in [2.05, 4.69) is 0 Å². The highest BCUT2D eigenvalue weighted by Gasteiger charge is 2.31. The van der Waals surface area contributed by atoms with Crippen LogP contribution in [0.5, 0.6) is 0 Å². The Labute approximate surface area is 167 Å². The highest BCUT2D eigenvalue weighted by atomic mass is 31.2. The molecule has 2 heterocycles. The molecule has 160 valence electrons. The standard InChI is InChI=1S/C18H22FN2O7P.H2/c1-11-5-12(2)7-13(6-11)9-26-29(24,25)27-10-14-3-4-16(28-14)21-8-15(19)17(22)20-18(21)23;/h5-8,14,16H,3-4,9-10H2,1-2H3,(H,24,25)(H,20,22,23);1H/t14-,16+;/m0./s1. The summed E-state index contributed by atoms with van der Waals surface area (Å²) in [5, 5.41) is 0. The van der Waals surface area contributed by atoms with Gasteiger partial charge in [0.15, 0.2) is 0 Å².